The maximum atomic E-state index is 13.8. The first kappa shape index (κ1) is 20.5. The minimum atomic E-state index is -0.267. The lowest BCUT2D eigenvalue weighted by atomic mass is 9.85. The summed E-state index contributed by atoms with van der Waals surface area (Å²) in [5, 5.41) is 8.38. The standard InChI is InChI=1S/C21H26FN3O2S/c1-13(2)23-20(26)15-7-5-8-16(10-15)24-21(27)18-12-28-19(25-18)11-14-6-3-4-9-17(14)22/h3-4,6,9,12-13,15-16H,5,7-8,10-11H2,1-2H3,(H,23,26)(H,24,27). The van der Waals surface area contributed by atoms with Crippen LogP contribution in [-0.2, 0) is 11.2 Å². The van der Waals surface area contributed by atoms with E-state index in [-0.39, 0.29) is 35.6 Å². The van der Waals surface area contributed by atoms with Crippen LogP contribution in [0.2, 0.25) is 0 Å². The lowest BCUT2D eigenvalue weighted by Gasteiger charge is -2.29. The Morgan fingerprint density at radius 3 is 2.82 bits per heavy atom. The second kappa shape index (κ2) is 9.28. The maximum Gasteiger partial charge on any atom is 0.270 e. The van der Waals surface area contributed by atoms with Gasteiger partial charge in [-0.05, 0) is 44.7 Å². The van der Waals surface area contributed by atoms with E-state index in [2.05, 4.69) is 15.6 Å². The molecule has 150 valence electrons. The normalized spacial score (nSPS) is 19.4. The Labute approximate surface area is 168 Å². The third-order valence-corrected chi connectivity index (χ3v) is 5.74. The van der Waals surface area contributed by atoms with Gasteiger partial charge in [0.25, 0.3) is 5.91 Å². The molecule has 0 saturated heterocycles. The second-order valence-electron chi connectivity index (χ2n) is 7.59. The molecule has 28 heavy (non-hydrogen) atoms. The van der Waals surface area contributed by atoms with Crippen LogP contribution in [0.5, 0.6) is 0 Å². The molecule has 1 aromatic carbocycles. The lowest BCUT2D eigenvalue weighted by Crippen LogP contribution is -2.43. The van der Waals surface area contributed by atoms with E-state index in [1.54, 1.807) is 23.6 Å². The van der Waals surface area contributed by atoms with Crippen molar-refractivity contribution < 1.29 is 14.0 Å². The minimum Gasteiger partial charge on any atom is -0.354 e. The average Bonchev–Trinajstić information content (AvgIpc) is 3.12. The SMILES string of the molecule is CC(C)NC(=O)C1CCCC(NC(=O)c2csc(Cc3ccccc3F)n2)C1. The van der Waals surface area contributed by atoms with Crippen LogP contribution in [0.3, 0.4) is 0 Å². The van der Waals surface area contributed by atoms with Crippen molar-refractivity contribution >= 4 is 23.2 Å². The van der Waals surface area contributed by atoms with Gasteiger partial charge in [-0.15, -0.1) is 11.3 Å². The number of hydrogen-bond acceptors (Lipinski definition) is 4. The van der Waals surface area contributed by atoms with E-state index in [1.807, 2.05) is 13.8 Å². The van der Waals surface area contributed by atoms with Gasteiger partial charge in [0, 0.05) is 29.8 Å². The number of aromatic nitrogens is 1. The van der Waals surface area contributed by atoms with Gasteiger partial charge in [0.1, 0.15) is 11.5 Å². The van der Waals surface area contributed by atoms with Gasteiger partial charge in [0.15, 0.2) is 0 Å². The van der Waals surface area contributed by atoms with Crippen molar-refractivity contribution in [3.63, 3.8) is 0 Å². The monoisotopic (exact) mass is 403 g/mol. The van der Waals surface area contributed by atoms with Crippen molar-refractivity contribution in [1.29, 1.82) is 0 Å². The predicted molar refractivity (Wildman–Crippen MR) is 108 cm³/mol. The molecule has 1 aliphatic rings. The molecular weight excluding hydrogens is 377 g/mol. The first-order chi connectivity index (χ1) is 13.4. The van der Waals surface area contributed by atoms with Crippen molar-refractivity contribution in [3.05, 3.63) is 51.7 Å². The van der Waals surface area contributed by atoms with Crippen LogP contribution < -0.4 is 10.6 Å². The van der Waals surface area contributed by atoms with Gasteiger partial charge in [0.2, 0.25) is 5.91 Å². The third-order valence-electron chi connectivity index (χ3n) is 4.90. The highest BCUT2D eigenvalue weighted by Crippen LogP contribution is 2.25. The second-order valence-corrected chi connectivity index (χ2v) is 8.53. The highest BCUT2D eigenvalue weighted by atomic mass is 32.1. The van der Waals surface area contributed by atoms with Gasteiger partial charge in [-0.1, -0.05) is 24.6 Å². The van der Waals surface area contributed by atoms with Crippen molar-refractivity contribution in [3.8, 4) is 0 Å². The summed E-state index contributed by atoms with van der Waals surface area (Å²) in [5.41, 5.74) is 0.917. The van der Waals surface area contributed by atoms with Gasteiger partial charge in [-0.3, -0.25) is 9.59 Å². The quantitative estimate of drug-likeness (QED) is 0.773. The van der Waals surface area contributed by atoms with Crippen LogP contribution >= 0.6 is 11.3 Å². The number of carbonyl (C=O) groups excluding carboxylic acids is 2. The Balaban J connectivity index is 1.57. The molecule has 2 amide bonds. The Kier molecular flexibility index (Phi) is 6.78. The van der Waals surface area contributed by atoms with E-state index in [9.17, 15) is 14.0 Å². The fourth-order valence-corrected chi connectivity index (χ4v) is 4.32. The summed E-state index contributed by atoms with van der Waals surface area (Å²) in [6, 6.07) is 6.67. The van der Waals surface area contributed by atoms with E-state index >= 15 is 0 Å². The predicted octanol–water partition coefficient (Wildman–Crippen LogP) is 3.69. The fraction of sp³-hybridized carbons (Fsp3) is 0.476. The van der Waals surface area contributed by atoms with Crippen LogP contribution in [0, 0.1) is 11.7 Å². The molecule has 3 rings (SSSR count). The summed E-state index contributed by atoms with van der Waals surface area (Å²) >= 11 is 1.35. The molecule has 1 heterocycles. The summed E-state index contributed by atoms with van der Waals surface area (Å²) in [7, 11) is 0. The largest absolute Gasteiger partial charge is 0.354 e. The van der Waals surface area contributed by atoms with Crippen molar-refractivity contribution in [2.75, 3.05) is 0 Å². The van der Waals surface area contributed by atoms with Crippen molar-refractivity contribution in [2.45, 2.75) is 58.0 Å². The molecule has 0 radical (unpaired) electrons. The molecule has 2 unspecified atom stereocenters. The summed E-state index contributed by atoms with van der Waals surface area (Å²) in [6.07, 6.45) is 3.65. The molecule has 0 bridgehead atoms. The van der Waals surface area contributed by atoms with Crippen LogP contribution in [0.25, 0.3) is 0 Å². The molecule has 1 aromatic heterocycles. The number of carbonyl (C=O) groups is 2. The van der Waals surface area contributed by atoms with Gasteiger partial charge >= 0.3 is 0 Å². The van der Waals surface area contributed by atoms with E-state index in [4.69, 9.17) is 0 Å². The van der Waals surface area contributed by atoms with E-state index in [0.29, 0.717) is 29.1 Å². The molecular formula is C21H26FN3O2S. The molecule has 2 aromatic rings. The lowest BCUT2D eigenvalue weighted by molar-refractivity contribution is -0.126. The number of rotatable bonds is 6. The number of nitrogens with one attached hydrogen (secondary N) is 2. The smallest absolute Gasteiger partial charge is 0.270 e. The number of hydrogen-bond donors (Lipinski definition) is 2. The molecule has 7 heteroatoms. The van der Waals surface area contributed by atoms with Crippen LogP contribution in [-0.4, -0.2) is 28.9 Å². The molecule has 1 aliphatic carbocycles. The number of nitrogens with zero attached hydrogens (tertiary/aromatic N) is 1. The van der Waals surface area contributed by atoms with E-state index in [1.165, 1.54) is 17.4 Å². The number of thiazole rings is 1. The highest BCUT2D eigenvalue weighted by Gasteiger charge is 2.29. The summed E-state index contributed by atoms with van der Waals surface area (Å²) in [6.45, 7) is 3.89. The third kappa shape index (κ3) is 5.38. The van der Waals surface area contributed by atoms with Crippen molar-refractivity contribution in [2.24, 2.45) is 5.92 Å². The molecule has 5 nitrogen and oxygen atoms in total. The minimum absolute atomic E-state index is 0.0270. The average molecular weight is 404 g/mol. The Hall–Kier alpha value is -2.28. The summed E-state index contributed by atoms with van der Waals surface area (Å²) < 4.78 is 13.8. The Morgan fingerprint density at radius 2 is 2.07 bits per heavy atom. The molecule has 1 saturated carbocycles. The van der Waals surface area contributed by atoms with Crippen LogP contribution in [0.1, 0.15) is 60.6 Å². The first-order valence-electron chi connectivity index (χ1n) is 9.71. The zero-order chi connectivity index (χ0) is 20.1. The number of benzene rings is 1. The number of amides is 2. The maximum absolute atomic E-state index is 13.8. The summed E-state index contributed by atoms with van der Waals surface area (Å²) in [5.74, 6) is -0.495. The number of halogens is 1. The fourth-order valence-electron chi connectivity index (χ4n) is 3.52. The van der Waals surface area contributed by atoms with Gasteiger partial charge in [-0.25, -0.2) is 9.37 Å². The van der Waals surface area contributed by atoms with Gasteiger partial charge in [0.05, 0.1) is 5.01 Å². The first-order valence-corrected chi connectivity index (χ1v) is 10.6. The van der Waals surface area contributed by atoms with Crippen LogP contribution in [0.15, 0.2) is 29.6 Å². The highest BCUT2D eigenvalue weighted by molar-refractivity contribution is 7.09. The molecule has 0 aliphatic heterocycles. The molecule has 2 N–H and O–H groups in total. The zero-order valence-corrected chi connectivity index (χ0v) is 17.0. The van der Waals surface area contributed by atoms with Gasteiger partial charge in [-0.2, -0.15) is 0 Å². The molecule has 2 atom stereocenters. The molecule has 1 fully saturated rings. The topological polar surface area (TPSA) is 71.1 Å². The Morgan fingerprint density at radius 1 is 1.29 bits per heavy atom. The van der Waals surface area contributed by atoms with Crippen molar-refractivity contribution in [1.82, 2.24) is 15.6 Å². The van der Waals surface area contributed by atoms with Crippen LogP contribution in [0.4, 0.5) is 4.39 Å². The van der Waals surface area contributed by atoms with E-state index in [0.717, 1.165) is 19.3 Å². The zero-order valence-electron chi connectivity index (χ0n) is 16.2. The van der Waals surface area contributed by atoms with E-state index < -0.39 is 0 Å². The van der Waals surface area contributed by atoms with Gasteiger partial charge < -0.3 is 10.6 Å². The Bertz CT molecular complexity index is 837. The summed E-state index contributed by atoms with van der Waals surface area (Å²) in [4.78, 5) is 29.2. The molecule has 0 spiro atoms.